The zero-order chi connectivity index (χ0) is 19.1. The van der Waals surface area contributed by atoms with E-state index in [-0.39, 0.29) is 42.7 Å². The molecule has 4 fully saturated rings. The highest BCUT2D eigenvalue weighted by Crippen LogP contribution is 2.59. The van der Waals surface area contributed by atoms with Crippen LogP contribution in [0.1, 0.15) is 36.8 Å². The quantitative estimate of drug-likeness (QED) is 0.790. The second-order valence-corrected chi connectivity index (χ2v) is 8.54. The first-order valence-electron chi connectivity index (χ1n) is 9.66. The molecule has 2 spiro atoms. The summed E-state index contributed by atoms with van der Waals surface area (Å²) in [6, 6.07) is 5.31. The first kappa shape index (κ1) is 16.2. The number of nitriles is 1. The maximum atomic E-state index is 12.6. The molecule has 2 saturated carbocycles. The van der Waals surface area contributed by atoms with Crippen LogP contribution in [0.3, 0.4) is 0 Å². The molecule has 2 saturated heterocycles. The van der Waals surface area contributed by atoms with Crippen LogP contribution in [0.4, 0.5) is 4.79 Å². The molecule has 28 heavy (non-hydrogen) atoms. The Kier molecular flexibility index (Phi) is 2.99. The minimum atomic E-state index is -0.841. The Bertz CT molecular complexity index is 953. The average Bonchev–Trinajstić information content (AvgIpc) is 3.22. The summed E-state index contributed by atoms with van der Waals surface area (Å²) in [4.78, 5) is 26.2. The number of amides is 3. The molecule has 0 atom stereocenters. The summed E-state index contributed by atoms with van der Waals surface area (Å²) >= 11 is 0. The van der Waals surface area contributed by atoms with E-state index >= 15 is 0 Å². The van der Waals surface area contributed by atoms with Gasteiger partial charge in [-0.3, -0.25) is 9.69 Å². The van der Waals surface area contributed by atoms with Gasteiger partial charge < -0.3 is 19.5 Å². The van der Waals surface area contributed by atoms with Crippen LogP contribution in [0.2, 0.25) is 0 Å². The van der Waals surface area contributed by atoms with Gasteiger partial charge >= 0.3 is 6.03 Å². The van der Waals surface area contributed by atoms with Crippen molar-refractivity contribution in [3.63, 3.8) is 0 Å². The van der Waals surface area contributed by atoms with Crippen molar-refractivity contribution < 1.29 is 23.8 Å². The number of nitrogens with zero attached hydrogens (tertiary/aromatic N) is 2. The number of benzene rings is 1. The van der Waals surface area contributed by atoms with Crippen molar-refractivity contribution in [2.24, 2.45) is 0 Å². The van der Waals surface area contributed by atoms with Crippen molar-refractivity contribution in [1.82, 2.24) is 10.2 Å². The van der Waals surface area contributed by atoms with Crippen LogP contribution < -0.4 is 14.8 Å². The van der Waals surface area contributed by atoms with E-state index in [9.17, 15) is 14.9 Å². The Balaban J connectivity index is 1.18. The fraction of sp³-hybridized carbons (Fsp3) is 0.550. The van der Waals surface area contributed by atoms with Crippen molar-refractivity contribution in [2.75, 3.05) is 19.8 Å². The lowest BCUT2D eigenvalue weighted by atomic mass is 9.86. The lowest BCUT2D eigenvalue weighted by Gasteiger charge is -2.41. The third kappa shape index (κ3) is 1.97. The highest BCUT2D eigenvalue weighted by atomic mass is 16.5. The minimum absolute atomic E-state index is 0.00207. The fourth-order valence-electron chi connectivity index (χ4n) is 4.73. The maximum absolute atomic E-state index is 12.6. The van der Waals surface area contributed by atoms with Crippen LogP contribution in [-0.2, 0) is 14.9 Å². The molecule has 0 bridgehead atoms. The predicted molar refractivity (Wildman–Crippen MR) is 93.9 cm³/mol. The van der Waals surface area contributed by atoms with Gasteiger partial charge in [-0.15, -0.1) is 0 Å². The van der Waals surface area contributed by atoms with Crippen molar-refractivity contribution in [2.45, 2.75) is 48.8 Å². The van der Waals surface area contributed by atoms with Crippen LogP contribution in [0, 0.1) is 11.3 Å². The van der Waals surface area contributed by atoms with Crippen molar-refractivity contribution >= 4 is 11.9 Å². The molecule has 1 N–H and O–H groups in total. The van der Waals surface area contributed by atoms with Crippen molar-refractivity contribution in [1.29, 1.82) is 5.26 Å². The Morgan fingerprint density at radius 3 is 2.61 bits per heavy atom. The second kappa shape index (κ2) is 5.17. The van der Waals surface area contributed by atoms with E-state index in [1.54, 1.807) is 6.07 Å². The number of nitrogens with one attached hydrogen (secondary N) is 1. The summed E-state index contributed by atoms with van der Waals surface area (Å²) in [5, 5.41) is 12.1. The summed E-state index contributed by atoms with van der Waals surface area (Å²) in [7, 11) is 0. The number of fused-ring (bicyclic) bond motifs is 2. The van der Waals surface area contributed by atoms with Gasteiger partial charge in [-0.05, 0) is 25.0 Å². The summed E-state index contributed by atoms with van der Waals surface area (Å²) in [5.74, 6) is 1.25. The van der Waals surface area contributed by atoms with E-state index in [0.29, 0.717) is 30.8 Å². The van der Waals surface area contributed by atoms with E-state index in [4.69, 9.17) is 14.2 Å². The van der Waals surface area contributed by atoms with Crippen molar-refractivity contribution in [3.8, 4) is 17.6 Å². The minimum Gasteiger partial charge on any atom is -0.491 e. The molecule has 0 aromatic heterocycles. The second-order valence-electron chi connectivity index (χ2n) is 8.54. The first-order valence-corrected chi connectivity index (χ1v) is 9.66. The smallest absolute Gasteiger partial charge is 0.325 e. The zero-order valence-electron chi connectivity index (χ0n) is 15.2. The standard InChI is InChI=1S/C20H19N3O5/c21-7-11-1-2-14(15-16(11)27-8-19(15)3-4-19)28-13-5-12(6-13)23-17(24)20(9-26-10-20)22-18(23)25/h1-2,12-13H,3-6,8-10H2,(H,22,25). The Labute approximate surface area is 161 Å². The van der Waals surface area contributed by atoms with Crippen LogP contribution in [0.25, 0.3) is 0 Å². The molecule has 8 nitrogen and oxygen atoms in total. The van der Waals surface area contributed by atoms with E-state index < -0.39 is 5.54 Å². The molecule has 1 aromatic rings. The van der Waals surface area contributed by atoms with Gasteiger partial charge in [-0.2, -0.15) is 5.26 Å². The molecule has 0 radical (unpaired) electrons. The molecule has 2 aliphatic carbocycles. The monoisotopic (exact) mass is 381 g/mol. The van der Waals surface area contributed by atoms with Crippen molar-refractivity contribution in [3.05, 3.63) is 23.3 Å². The Morgan fingerprint density at radius 2 is 2.00 bits per heavy atom. The van der Waals surface area contributed by atoms with Crippen LogP contribution in [0.5, 0.6) is 11.5 Å². The largest absolute Gasteiger partial charge is 0.491 e. The molecular weight excluding hydrogens is 362 g/mol. The Hall–Kier alpha value is -2.79. The molecule has 3 heterocycles. The molecule has 6 rings (SSSR count). The number of carbonyl (C=O) groups excluding carboxylic acids is 2. The van der Waals surface area contributed by atoms with E-state index in [1.807, 2.05) is 6.07 Å². The normalized spacial score (nSPS) is 30.2. The first-order chi connectivity index (χ1) is 13.6. The number of carbonyl (C=O) groups is 2. The molecule has 0 unspecified atom stereocenters. The number of hydrogen-bond acceptors (Lipinski definition) is 6. The van der Waals surface area contributed by atoms with Gasteiger partial charge in [0.25, 0.3) is 5.91 Å². The molecular formula is C20H19N3O5. The average molecular weight is 381 g/mol. The molecule has 3 amide bonds. The molecule has 144 valence electrons. The highest BCUT2D eigenvalue weighted by Gasteiger charge is 2.59. The molecule has 3 aliphatic heterocycles. The van der Waals surface area contributed by atoms with Crippen LogP contribution in [0.15, 0.2) is 12.1 Å². The molecule has 1 aromatic carbocycles. The summed E-state index contributed by atoms with van der Waals surface area (Å²) in [6.45, 7) is 1.11. The van der Waals surface area contributed by atoms with Gasteiger partial charge in [-0.1, -0.05) is 0 Å². The van der Waals surface area contributed by atoms with E-state index in [1.165, 1.54) is 4.90 Å². The topological polar surface area (TPSA) is 101 Å². The summed E-state index contributed by atoms with van der Waals surface area (Å²) in [6.07, 6.45) is 3.25. The van der Waals surface area contributed by atoms with Gasteiger partial charge in [0.1, 0.15) is 23.7 Å². The molecule has 8 heteroatoms. The molecule has 5 aliphatic rings. The third-order valence-electron chi connectivity index (χ3n) is 6.74. The number of rotatable bonds is 3. The highest BCUT2D eigenvalue weighted by molar-refractivity contribution is 6.08. The lowest BCUT2D eigenvalue weighted by molar-refractivity contribution is -0.151. The zero-order valence-corrected chi connectivity index (χ0v) is 15.2. The van der Waals surface area contributed by atoms with Gasteiger partial charge in [0.15, 0.2) is 5.54 Å². The summed E-state index contributed by atoms with van der Waals surface area (Å²) in [5.41, 5.74) is 0.731. The van der Waals surface area contributed by atoms with Gasteiger partial charge in [0, 0.05) is 29.9 Å². The van der Waals surface area contributed by atoms with E-state index in [0.717, 1.165) is 24.2 Å². The number of imide groups is 1. The fourth-order valence-corrected chi connectivity index (χ4v) is 4.73. The predicted octanol–water partition coefficient (Wildman–Crippen LogP) is 1.21. The number of ether oxygens (including phenoxy) is 3. The van der Waals surface area contributed by atoms with Gasteiger partial charge in [0.2, 0.25) is 0 Å². The Morgan fingerprint density at radius 1 is 1.21 bits per heavy atom. The summed E-state index contributed by atoms with van der Waals surface area (Å²) < 4.78 is 17.2. The number of urea groups is 1. The third-order valence-corrected chi connectivity index (χ3v) is 6.74. The van der Waals surface area contributed by atoms with Gasteiger partial charge in [-0.25, -0.2) is 4.79 Å². The lowest BCUT2D eigenvalue weighted by Crippen LogP contribution is -2.63. The maximum Gasteiger partial charge on any atom is 0.325 e. The number of hydrogen-bond donors (Lipinski definition) is 1. The SMILES string of the molecule is N#Cc1ccc(OC2CC(N3C(=O)NC4(COC4)C3=O)C2)c2c1OCC21CC1. The van der Waals surface area contributed by atoms with Gasteiger partial charge in [0.05, 0.1) is 25.4 Å². The van der Waals surface area contributed by atoms with E-state index in [2.05, 4.69) is 11.4 Å². The van der Waals surface area contributed by atoms with Crippen LogP contribution >= 0.6 is 0 Å². The van der Waals surface area contributed by atoms with Crippen LogP contribution in [-0.4, -0.2) is 54.3 Å².